The third-order valence-corrected chi connectivity index (χ3v) is 3.09. The number of aromatic amines is 1. The van der Waals surface area contributed by atoms with Gasteiger partial charge in [0.1, 0.15) is 5.75 Å². The summed E-state index contributed by atoms with van der Waals surface area (Å²) in [6.45, 7) is 1.05. The number of ether oxygens (including phenoxy) is 1. The molecule has 0 amide bonds. The molecule has 0 radical (unpaired) electrons. The van der Waals surface area contributed by atoms with E-state index in [-0.39, 0.29) is 17.8 Å². The minimum absolute atomic E-state index is 0.0205. The Labute approximate surface area is 116 Å². The predicted molar refractivity (Wildman–Crippen MR) is 71.6 cm³/mol. The standard InChI is InChI=1S/C14H17F2N3O/c1-9(18-10(2)12-7-8-17-19-12)11-5-3-4-6-13(11)20-14(15)16/h3-10,14,18H,1-2H3,(H,17,19). The SMILES string of the molecule is CC(NC(C)c1ccccc1OC(F)F)c1ccn[nH]1. The van der Waals surface area contributed by atoms with Crippen molar-refractivity contribution in [2.45, 2.75) is 32.5 Å². The number of nitrogens with zero attached hydrogens (tertiary/aromatic N) is 1. The largest absolute Gasteiger partial charge is 0.434 e. The van der Waals surface area contributed by atoms with Gasteiger partial charge < -0.3 is 10.1 Å². The van der Waals surface area contributed by atoms with E-state index in [4.69, 9.17) is 0 Å². The van der Waals surface area contributed by atoms with Crippen LogP contribution in [0.2, 0.25) is 0 Å². The van der Waals surface area contributed by atoms with Gasteiger partial charge in [-0.3, -0.25) is 5.10 Å². The molecule has 0 aliphatic heterocycles. The summed E-state index contributed by atoms with van der Waals surface area (Å²) >= 11 is 0. The van der Waals surface area contributed by atoms with Gasteiger partial charge in [-0.2, -0.15) is 13.9 Å². The van der Waals surface area contributed by atoms with Crippen LogP contribution in [0.5, 0.6) is 5.75 Å². The van der Waals surface area contributed by atoms with Crippen molar-refractivity contribution in [1.29, 1.82) is 0 Å². The van der Waals surface area contributed by atoms with E-state index in [1.165, 1.54) is 0 Å². The number of nitrogens with one attached hydrogen (secondary N) is 2. The van der Waals surface area contributed by atoms with Gasteiger partial charge in [-0.25, -0.2) is 0 Å². The van der Waals surface area contributed by atoms with Crippen LogP contribution in [0, 0.1) is 0 Å². The third kappa shape index (κ3) is 3.54. The maximum absolute atomic E-state index is 12.4. The van der Waals surface area contributed by atoms with E-state index in [1.54, 1.807) is 30.5 Å². The molecule has 2 N–H and O–H groups in total. The highest BCUT2D eigenvalue weighted by Gasteiger charge is 2.17. The minimum atomic E-state index is -2.83. The molecule has 0 saturated carbocycles. The molecule has 1 aromatic carbocycles. The molecular weight excluding hydrogens is 264 g/mol. The zero-order chi connectivity index (χ0) is 14.5. The van der Waals surface area contributed by atoms with Crippen LogP contribution in [0.15, 0.2) is 36.5 Å². The molecule has 0 aliphatic carbocycles. The average molecular weight is 281 g/mol. The topological polar surface area (TPSA) is 49.9 Å². The van der Waals surface area contributed by atoms with Crippen molar-refractivity contribution in [3.8, 4) is 5.75 Å². The van der Waals surface area contributed by atoms with Crippen molar-refractivity contribution < 1.29 is 13.5 Å². The van der Waals surface area contributed by atoms with Crippen LogP contribution >= 0.6 is 0 Å². The van der Waals surface area contributed by atoms with E-state index < -0.39 is 6.61 Å². The Bertz CT molecular complexity index is 531. The molecule has 2 aromatic rings. The van der Waals surface area contributed by atoms with Gasteiger partial charge in [0.2, 0.25) is 0 Å². The number of benzene rings is 1. The van der Waals surface area contributed by atoms with Crippen molar-refractivity contribution in [1.82, 2.24) is 15.5 Å². The van der Waals surface area contributed by atoms with Gasteiger partial charge >= 0.3 is 6.61 Å². The fourth-order valence-corrected chi connectivity index (χ4v) is 2.10. The van der Waals surface area contributed by atoms with Crippen molar-refractivity contribution in [2.75, 3.05) is 0 Å². The Morgan fingerprint density at radius 2 is 1.90 bits per heavy atom. The third-order valence-electron chi connectivity index (χ3n) is 3.09. The smallest absolute Gasteiger partial charge is 0.387 e. The molecule has 1 aromatic heterocycles. The van der Waals surface area contributed by atoms with Crippen LogP contribution in [-0.4, -0.2) is 16.8 Å². The number of para-hydroxylation sites is 1. The van der Waals surface area contributed by atoms with Gasteiger partial charge in [-0.15, -0.1) is 0 Å². The summed E-state index contributed by atoms with van der Waals surface area (Å²) in [5.74, 6) is 0.194. The number of alkyl halides is 2. The Kier molecular flexibility index (Phi) is 4.68. The maximum atomic E-state index is 12.4. The maximum Gasteiger partial charge on any atom is 0.387 e. The molecule has 2 rings (SSSR count). The Morgan fingerprint density at radius 1 is 1.15 bits per heavy atom. The summed E-state index contributed by atoms with van der Waals surface area (Å²) in [6.07, 6.45) is 1.67. The monoisotopic (exact) mass is 281 g/mol. The van der Waals surface area contributed by atoms with E-state index in [9.17, 15) is 8.78 Å². The lowest BCUT2D eigenvalue weighted by Crippen LogP contribution is -2.23. The van der Waals surface area contributed by atoms with E-state index in [1.807, 2.05) is 19.9 Å². The summed E-state index contributed by atoms with van der Waals surface area (Å²) in [4.78, 5) is 0. The second-order valence-corrected chi connectivity index (χ2v) is 4.54. The van der Waals surface area contributed by atoms with Crippen molar-refractivity contribution in [3.05, 3.63) is 47.8 Å². The highest BCUT2D eigenvalue weighted by atomic mass is 19.3. The Balaban J connectivity index is 2.10. The van der Waals surface area contributed by atoms with E-state index in [2.05, 4.69) is 20.3 Å². The molecular formula is C14H17F2N3O. The zero-order valence-corrected chi connectivity index (χ0v) is 11.3. The lowest BCUT2D eigenvalue weighted by molar-refractivity contribution is -0.0506. The second kappa shape index (κ2) is 6.47. The van der Waals surface area contributed by atoms with Crippen molar-refractivity contribution in [2.24, 2.45) is 0 Å². The molecule has 2 atom stereocenters. The molecule has 1 heterocycles. The van der Waals surface area contributed by atoms with Gasteiger partial charge in [0.05, 0.1) is 5.69 Å². The number of aromatic nitrogens is 2. The highest BCUT2D eigenvalue weighted by Crippen LogP contribution is 2.27. The lowest BCUT2D eigenvalue weighted by atomic mass is 10.1. The molecule has 6 heteroatoms. The molecule has 108 valence electrons. The molecule has 2 unspecified atom stereocenters. The fraction of sp³-hybridized carbons (Fsp3) is 0.357. The first-order chi connectivity index (χ1) is 9.58. The lowest BCUT2D eigenvalue weighted by Gasteiger charge is -2.21. The average Bonchev–Trinajstić information content (AvgIpc) is 2.92. The van der Waals surface area contributed by atoms with Gasteiger partial charge in [0, 0.05) is 23.8 Å². The molecule has 0 aliphatic rings. The summed E-state index contributed by atoms with van der Waals surface area (Å²) in [7, 11) is 0. The van der Waals surface area contributed by atoms with Crippen molar-refractivity contribution in [3.63, 3.8) is 0 Å². The summed E-state index contributed by atoms with van der Waals surface area (Å²) in [6, 6.07) is 8.54. The van der Waals surface area contributed by atoms with E-state index in [0.717, 1.165) is 5.69 Å². The summed E-state index contributed by atoms with van der Waals surface area (Å²) < 4.78 is 29.3. The highest BCUT2D eigenvalue weighted by molar-refractivity contribution is 5.35. The molecule has 4 nitrogen and oxygen atoms in total. The molecule has 0 saturated heterocycles. The van der Waals surface area contributed by atoms with Gasteiger partial charge in [-0.05, 0) is 26.0 Å². The second-order valence-electron chi connectivity index (χ2n) is 4.54. The minimum Gasteiger partial charge on any atom is -0.434 e. The number of rotatable bonds is 6. The number of hydrogen-bond donors (Lipinski definition) is 2. The van der Waals surface area contributed by atoms with Gasteiger partial charge in [0.15, 0.2) is 0 Å². The molecule has 0 fully saturated rings. The van der Waals surface area contributed by atoms with Crippen LogP contribution in [0.1, 0.15) is 37.2 Å². The summed E-state index contributed by atoms with van der Waals surface area (Å²) in [5, 5.41) is 10.1. The van der Waals surface area contributed by atoms with E-state index in [0.29, 0.717) is 5.56 Å². The van der Waals surface area contributed by atoms with Crippen LogP contribution in [0.3, 0.4) is 0 Å². The van der Waals surface area contributed by atoms with Crippen LogP contribution in [0.25, 0.3) is 0 Å². The Morgan fingerprint density at radius 3 is 2.55 bits per heavy atom. The predicted octanol–water partition coefficient (Wildman–Crippen LogP) is 3.42. The number of hydrogen-bond acceptors (Lipinski definition) is 3. The van der Waals surface area contributed by atoms with E-state index >= 15 is 0 Å². The van der Waals surface area contributed by atoms with Crippen LogP contribution in [0.4, 0.5) is 8.78 Å². The molecule has 0 bridgehead atoms. The first kappa shape index (κ1) is 14.5. The normalized spacial score (nSPS) is 14.2. The summed E-state index contributed by atoms with van der Waals surface area (Å²) in [5.41, 5.74) is 1.63. The Hall–Kier alpha value is -1.95. The fourth-order valence-electron chi connectivity index (χ4n) is 2.10. The first-order valence-electron chi connectivity index (χ1n) is 6.37. The van der Waals surface area contributed by atoms with Gasteiger partial charge in [-0.1, -0.05) is 18.2 Å². The zero-order valence-electron chi connectivity index (χ0n) is 11.3. The van der Waals surface area contributed by atoms with Crippen LogP contribution in [-0.2, 0) is 0 Å². The first-order valence-corrected chi connectivity index (χ1v) is 6.37. The number of halogens is 2. The van der Waals surface area contributed by atoms with Crippen LogP contribution < -0.4 is 10.1 Å². The van der Waals surface area contributed by atoms with Crippen molar-refractivity contribution >= 4 is 0 Å². The quantitative estimate of drug-likeness (QED) is 0.853. The van der Waals surface area contributed by atoms with Gasteiger partial charge in [0.25, 0.3) is 0 Å². The molecule has 20 heavy (non-hydrogen) atoms. The number of H-pyrrole nitrogens is 1. The molecule has 0 spiro atoms.